The minimum absolute atomic E-state index is 0.0282. The maximum Gasteiger partial charge on any atom is 0.180 e. The molecule has 116 valence electrons. The van der Waals surface area contributed by atoms with Crippen molar-refractivity contribution in [2.24, 2.45) is 0 Å². The Morgan fingerprint density at radius 3 is 2.43 bits per heavy atom. The highest BCUT2D eigenvalue weighted by molar-refractivity contribution is 7.91. The Balaban J connectivity index is 1.68. The van der Waals surface area contributed by atoms with Crippen molar-refractivity contribution in [1.82, 2.24) is 0 Å². The van der Waals surface area contributed by atoms with E-state index in [9.17, 15) is 8.42 Å². The number of anilines is 1. The molecule has 5 heteroatoms. The van der Waals surface area contributed by atoms with Crippen molar-refractivity contribution in [3.8, 4) is 0 Å². The molecule has 2 fully saturated rings. The van der Waals surface area contributed by atoms with Gasteiger partial charge in [-0.25, -0.2) is 8.42 Å². The van der Waals surface area contributed by atoms with Gasteiger partial charge in [0.25, 0.3) is 0 Å². The number of benzene rings is 1. The summed E-state index contributed by atoms with van der Waals surface area (Å²) >= 11 is 0. The van der Waals surface area contributed by atoms with Gasteiger partial charge in [0.15, 0.2) is 9.84 Å². The first-order chi connectivity index (χ1) is 9.99. The number of ether oxygens (including phenoxy) is 1. The maximum absolute atomic E-state index is 12.4. The monoisotopic (exact) mass is 309 g/mol. The van der Waals surface area contributed by atoms with E-state index in [2.05, 4.69) is 0 Å². The molecule has 1 aromatic carbocycles. The zero-order valence-corrected chi connectivity index (χ0v) is 13.1. The molecular formula is C16H23NO3S. The average molecular weight is 309 g/mol. The molecule has 1 aliphatic heterocycles. The first-order valence-corrected chi connectivity index (χ1v) is 9.41. The molecule has 2 aliphatic rings. The predicted octanol–water partition coefficient (Wildman–Crippen LogP) is 2.92. The highest BCUT2D eigenvalue weighted by Gasteiger charge is 2.42. The van der Waals surface area contributed by atoms with Gasteiger partial charge in [-0.3, -0.25) is 0 Å². The summed E-state index contributed by atoms with van der Waals surface area (Å²) in [6.45, 7) is 0. The largest absolute Gasteiger partial charge is 0.399 e. The second kappa shape index (κ2) is 5.61. The fraction of sp³-hybridized carbons (Fsp3) is 0.625. The molecule has 1 saturated heterocycles. The summed E-state index contributed by atoms with van der Waals surface area (Å²) in [6, 6.07) is 6.42. The highest BCUT2D eigenvalue weighted by Crippen LogP contribution is 2.42. The van der Waals surface area contributed by atoms with Crippen LogP contribution >= 0.6 is 0 Å². The lowest BCUT2D eigenvalue weighted by Crippen LogP contribution is -2.33. The van der Waals surface area contributed by atoms with E-state index in [0.29, 0.717) is 10.6 Å². The summed E-state index contributed by atoms with van der Waals surface area (Å²) in [6.07, 6.45) is 7.57. The molecule has 1 atom stereocenters. The van der Waals surface area contributed by atoms with Crippen molar-refractivity contribution in [2.75, 3.05) is 11.5 Å². The average Bonchev–Trinajstić information content (AvgIpc) is 2.82. The summed E-state index contributed by atoms with van der Waals surface area (Å²) in [5, 5.41) is 0. The van der Waals surface area contributed by atoms with Crippen LogP contribution < -0.4 is 5.73 Å². The third kappa shape index (κ3) is 3.24. The second-order valence-corrected chi connectivity index (χ2v) is 8.41. The molecule has 2 N–H and O–H groups in total. The lowest BCUT2D eigenvalue weighted by Gasteiger charge is -2.33. The maximum atomic E-state index is 12.4. The zero-order valence-electron chi connectivity index (χ0n) is 12.3. The first-order valence-electron chi connectivity index (χ1n) is 7.75. The van der Waals surface area contributed by atoms with Crippen molar-refractivity contribution in [1.29, 1.82) is 0 Å². The Bertz CT molecular complexity index is 588. The van der Waals surface area contributed by atoms with Gasteiger partial charge in [0.1, 0.15) is 0 Å². The lowest BCUT2D eigenvalue weighted by molar-refractivity contribution is -0.0559. The van der Waals surface area contributed by atoms with Crippen LogP contribution in [0.2, 0.25) is 0 Å². The van der Waals surface area contributed by atoms with Crippen molar-refractivity contribution >= 4 is 15.5 Å². The molecular weight excluding hydrogens is 286 g/mol. The normalized spacial score (nSPS) is 25.2. The van der Waals surface area contributed by atoms with Crippen LogP contribution in [-0.4, -0.2) is 25.9 Å². The zero-order chi connectivity index (χ0) is 14.9. The molecule has 1 aromatic rings. The third-order valence-corrected chi connectivity index (χ3v) is 6.55. The van der Waals surface area contributed by atoms with E-state index in [-0.39, 0.29) is 17.5 Å². The predicted molar refractivity (Wildman–Crippen MR) is 82.8 cm³/mol. The van der Waals surface area contributed by atoms with Crippen LogP contribution in [0.15, 0.2) is 29.2 Å². The van der Waals surface area contributed by atoms with E-state index < -0.39 is 9.84 Å². The quantitative estimate of drug-likeness (QED) is 0.872. The highest BCUT2D eigenvalue weighted by atomic mass is 32.2. The van der Waals surface area contributed by atoms with E-state index in [4.69, 9.17) is 10.5 Å². The molecule has 1 aliphatic carbocycles. The van der Waals surface area contributed by atoms with E-state index in [1.165, 1.54) is 19.3 Å². The SMILES string of the molecule is Nc1ccc(S(=O)(=O)CC2CCC3(CCCCC3)O2)cc1. The molecule has 4 nitrogen and oxygen atoms in total. The number of sulfone groups is 1. The van der Waals surface area contributed by atoms with Crippen LogP contribution in [0.4, 0.5) is 5.69 Å². The standard InChI is InChI=1S/C16H23NO3S/c17-13-4-6-15(7-5-13)21(18,19)12-14-8-11-16(20-14)9-2-1-3-10-16/h4-7,14H,1-3,8-12,17H2. The second-order valence-electron chi connectivity index (χ2n) is 6.37. The Morgan fingerprint density at radius 1 is 1.10 bits per heavy atom. The van der Waals surface area contributed by atoms with Crippen LogP contribution in [0.5, 0.6) is 0 Å². The Labute approximate surface area is 126 Å². The van der Waals surface area contributed by atoms with Crippen LogP contribution in [0.25, 0.3) is 0 Å². The molecule has 21 heavy (non-hydrogen) atoms. The number of hydrogen-bond donors (Lipinski definition) is 1. The molecule has 1 unspecified atom stereocenters. The lowest BCUT2D eigenvalue weighted by atomic mass is 9.83. The van der Waals surface area contributed by atoms with Crippen molar-refractivity contribution in [3.05, 3.63) is 24.3 Å². The van der Waals surface area contributed by atoms with Crippen LogP contribution in [0, 0.1) is 0 Å². The number of rotatable bonds is 3. The molecule has 0 radical (unpaired) electrons. The molecule has 0 amide bonds. The summed E-state index contributed by atoms with van der Waals surface area (Å²) in [5.41, 5.74) is 6.16. The Morgan fingerprint density at radius 2 is 1.76 bits per heavy atom. The van der Waals surface area contributed by atoms with Gasteiger partial charge >= 0.3 is 0 Å². The molecule has 1 saturated carbocycles. The van der Waals surface area contributed by atoms with Crippen LogP contribution in [0.3, 0.4) is 0 Å². The number of hydrogen-bond acceptors (Lipinski definition) is 4. The number of nitrogen functional groups attached to an aromatic ring is 1. The van der Waals surface area contributed by atoms with E-state index in [1.54, 1.807) is 24.3 Å². The third-order valence-electron chi connectivity index (χ3n) is 4.75. The molecule has 3 rings (SSSR count). The van der Waals surface area contributed by atoms with Gasteiger partial charge < -0.3 is 10.5 Å². The smallest absolute Gasteiger partial charge is 0.180 e. The molecule has 1 spiro atoms. The summed E-state index contributed by atoms with van der Waals surface area (Å²) in [5.74, 6) is 0.0820. The van der Waals surface area contributed by atoms with E-state index in [0.717, 1.165) is 25.7 Å². The molecule has 0 aromatic heterocycles. The topological polar surface area (TPSA) is 69.4 Å². The van der Waals surface area contributed by atoms with Gasteiger partial charge in [-0.05, 0) is 49.9 Å². The van der Waals surface area contributed by atoms with Crippen LogP contribution in [-0.2, 0) is 14.6 Å². The van der Waals surface area contributed by atoms with Gasteiger partial charge in [0.2, 0.25) is 0 Å². The van der Waals surface area contributed by atoms with E-state index >= 15 is 0 Å². The fourth-order valence-electron chi connectivity index (χ4n) is 3.59. The van der Waals surface area contributed by atoms with Crippen LogP contribution in [0.1, 0.15) is 44.9 Å². The summed E-state index contributed by atoms with van der Waals surface area (Å²) < 4.78 is 31.1. The summed E-state index contributed by atoms with van der Waals surface area (Å²) in [4.78, 5) is 0.338. The van der Waals surface area contributed by atoms with Gasteiger partial charge in [-0.15, -0.1) is 0 Å². The molecule has 1 heterocycles. The minimum atomic E-state index is -3.30. The Kier molecular flexibility index (Phi) is 3.97. The van der Waals surface area contributed by atoms with Gasteiger partial charge in [-0.2, -0.15) is 0 Å². The van der Waals surface area contributed by atoms with Gasteiger partial charge in [0.05, 0.1) is 22.4 Å². The first kappa shape index (κ1) is 14.9. The minimum Gasteiger partial charge on any atom is -0.399 e. The molecule has 0 bridgehead atoms. The van der Waals surface area contributed by atoms with Crippen molar-refractivity contribution < 1.29 is 13.2 Å². The van der Waals surface area contributed by atoms with Gasteiger partial charge in [0, 0.05) is 5.69 Å². The van der Waals surface area contributed by atoms with Crippen molar-refractivity contribution in [3.63, 3.8) is 0 Å². The Hall–Kier alpha value is -1.07. The summed E-state index contributed by atoms with van der Waals surface area (Å²) in [7, 11) is -3.30. The van der Waals surface area contributed by atoms with Crippen molar-refractivity contribution in [2.45, 2.75) is 61.5 Å². The van der Waals surface area contributed by atoms with E-state index in [1.807, 2.05) is 0 Å². The fourth-order valence-corrected chi connectivity index (χ4v) is 5.06. The number of nitrogens with two attached hydrogens (primary N) is 1. The van der Waals surface area contributed by atoms with Gasteiger partial charge in [-0.1, -0.05) is 19.3 Å².